The number of aromatic nitrogens is 2. The van der Waals surface area contributed by atoms with Crippen LogP contribution in [-0.2, 0) is 16.1 Å². The van der Waals surface area contributed by atoms with Crippen LogP contribution in [0.25, 0.3) is 0 Å². The number of nitrogens with one attached hydrogen (secondary N) is 1. The number of amides is 1. The van der Waals surface area contributed by atoms with Crippen LogP contribution in [0.15, 0.2) is 30.6 Å². The van der Waals surface area contributed by atoms with E-state index in [2.05, 4.69) is 40.0 Å². The Kier molecular flexibility index (Phi) is 7.18. The first-order valence-corrected chi connectivity index (χ1v) is 11.7. The van der Waals surface area contributed by atoms with Gasteiger partial charge in [0.1, 0.15) is 18.2 Å². The summed E-state index contributed by atoms with van der Waals surface area (Å²) in [6, 6.07) is 7.49. The zero-order valence-electron chi connectivity index (χ0n) is 19.3. The zero-order valence-corrected chi connectivity index (χ0v) is 20.0. The molecule has 1 aromatic heterocycles. The lowest BCUT2D eigenvalue weighted by Gasteiger charge is -2.41. The highest BCUT2D eigenvalue weighted by atomic mass is 35.5. The summed E-state index contributed by atoms with van der Waals surface area (Å²) in [5.41, 5.74) is 2.85. The van der Waals surface area contributed by atoms with E-state index >= 15 is 0 Å². The SMILES string of the molecule is C#C[C@H]1CN(C(=O)C(CNC(C)C)c2ccc(Cl)cc2)CCN1c1ncnc2c1C(C)OC2. The number of piperazine rings is 1. The molecule has 3 atom stereocenters. The van der Waals surface area contributed by atoms with Crippen LogP contribution in [0, 0.1) is 12.3 Å². The first kappa shape index (κ1) is 23.5. The number of carbonyl (C=O) groups is 1. The van der Waals surface area contributed by atoms with E-state index in [0.29, 0.717) is 37.8 Å². The van der Waals surface area contributed by atoms with E-state index in [9.17, 15) is 4.79 Å². The molecule has 0 aliphatic carbocycles. The van der Waals surface area contributed by atoms with E-state index in [1.807, 2.05) is 36.1 Å². The summed E-state index contributed by atoms with van der Waals surface area (Å²) in [4.78, 5) is 26.6. The van der Waals surface area contributed by atoms with Gasteiger partial charge in [0.2, 0.25) is 5.91 Å². The van der Waals surface area contributed by atoms with Gasteiger partial charge in [0.25, 0.3) is 0 Å². The summed E-state index contributed by atoms with van der Waals surface area (Å²) in [6.07, 6.45) is 7.43. The minimum atomic E-state index is -0.314. The fourth-order valence-corrected chi connectivity index (χ4v) is 4.59. The molecule has 2 aliphatic heterocycles. The molecule has 1 fully saturated rings. The van der Waals surface area contributed by atoms with Crippen LogP contribution in [0.1, 0.15) is 49.6 Å². The molecule has 2 unspecified atom stereocenters. The summed E-state index contributed by atoms with van der Waals surface area (Å²) < 4.78 is 5.76. The van der Waals surface area contributed by atoms with Crippen molar-refractivity contribution in [2.45, 2.75) is 51.5 Å². The van der Waals surface area contributed by atoms with Gasteiger partial charge in [-0.25, -0.2) is 9.97 Å². The number of fused-ring (bicyclic) bond motifs is 1. The largest absolute Gasteiger partial charge is 0.367 e. The van der Waals surface area contributed by atoms with Crippen molar-refractivity contribution in [1.29, 1.82) is 0 Å². The van der Waals surface area contributed by atoms with Crippen molar-refractivity contribution in [3.05, 3.63) is 52.4 Å². The molecule has 0 spiro atoms. The van der Waals surface area contributed by atoms with Gasteiger partial charge in [-0.1, -0.05) is 43.5 Å². The van der Waals surface area contributed by atoms with Crippen molar-refractivity contribution in [2.75, 3.05) is 31.1 Å². The van der Waals surface area contributed by atoms with Crippen molar-refractivity contribution in [3.8, 4) is 12.3 Å². The number of halogens is 1. The van der Waals surface area contributed by atoms with Gasteiger partial charge < -0.3 is 19.9 Å². The second kappa shape index (κ2) is 10.1. The van der Waals surface area contributed by atoms with Gasteiger partial charge in [-0.3, -0.25) is 4.79 Å². The Labute approximate surface area is 200 Å². The number of hydrogen-bond acceptors (Lipinski definition) is 6. The fourth-order valence-electron chi connectivity index (χ4n) is 4.46. The number of terminal acetylenes is 1. The van der Waals surface area contributed by atoms with E-state index in [0.717, 1.165) is 22.6 Å². The van der Waals surface area contributed by atoms with Gasteiger partial charge in [-0.2, -0.15) is 0 Å². The standard InChI is InChI=1S/C25H30ClN5O2/c1-5-20-13-30(10-11-31(20)24-23-17(4)33-14-22(23)28-15-29-24)25(32)21(12-27-16(2)3)18-6-8-19(26)9-7-18/h1,6-9,15-17,20-21,27H,10-14H2,2-4H3/t17?,20-,21?/m0/s1. The second-order valence-corrected chi connectivity index (χ2v) is 9.27. The summed E-state index contributed by atoms with van der Waals surface area (Å²) in [7, 11) is 0. The third-order valence-corrected chi connectivity index (χ3v) is 6.53. The minimum absolute atomic E-state index is 0.0648. The van der Waals surface area contributed by atoms with Gasteiger partial charge in [0, 0.05) is 36.3 Å². The Morgan fingerprint density at radius 2 is 2.06 bits per heavy atom. The maximum atomic E-state index is 13.7. The van der Waals surface area contributed by atoms with Crippen LogP contribution in [0.4, 0.5) is 5.82 Å². The highest BCUT2D eigenvalue weighted by Gasteiger charge is 2.36. The Morgan fingerprint density at radius 1 is 1.30 bits per heavy atom. The lowest BCUT2D eigenvalue weighted by molar-refractivity contribution is -0.133. The highest BCUT2D eigenvalue weighted by molar-refractivity contribution is 6.30. The van der Waals surface area contributed by atoms with Crippen LogP contribution in [0.3, 0.4) is 0 Å². The Hall–Kier alpha value is -2.66. The van der Waals surface area contributed by atoms with E-state index < -0.39 is 0 Å². The molecule has 174 valence electrons. The number of hydrogen-bond donors (Lipinski definition) is 1. The quantitative estimate of drug-likeness (QED) is 0.658. The van der Waals surface area contributed by atoms with Crippen LogP contribution in [-0.4, -0.2) is 59.0 Å². The number of ether oxygens (including phenoxy) is 1. The predicted octanol–water partition coefficient (Wildman–Crippen LogP) is 3.15. The van der Waals surface area contributed by atoms with Gasteiger partial charge in [-0.15, -0.1) is 6.42 Å². The smallest absolute Gasteiger partial charge is 0.231 e. The topological polar surface area (TPSA) is 70.6 Å². The number of benzene rings is 1. The third kappa shape index (κ3) is 4.98. The van der Waals surface area contributed by atoms with Gasteiger partial charge in [0.05, 0.1) is 30.9 Å². The van der Waals surface area contributed by atoms with Crippen molar-refractivity contribution < 1.29 is 9.53 Å². The normalized spacial score (nSPS) is 21.1. The molecule has 8 heteroatoms. The molecular formula is C25H30ClN5O2. The van der Waals surface area contributed by atoms with E-state index in [1.165, 1.54) is 0 Å². The molecule has 1 aromatic carbocycles. The number of rotatable bonds is 6. The summed E-state index contributed by atoms with van der Waals surface area (Å²) in [5.74, 6) is 3.44. The molecule has 3 heterocycles. The molecule has 2 aromatic rings. The third-order valence-electron chi connectivity index (χ3n) is 6.28. The number of anilines is 1. The number of carbonyl (C=O) groups excluding carboxylic acids is 1. The summed E-state index contributed by atoms with van der Waals surface area (Å²) in [5, 5.41) is 4.06. The van der Waals surface area contributed by atoms with Crippen molar-refractivity contribution >= 4 is 23.3 Å². The number of nitrogens with zero attached hydrogens (tertiary/aromatic N) is 4. The van der Waals surface area contributed by atoms with Crippen LogP contribution >= 0.6 is 11.6 Å². The molecule has 0 radical (unpaired) electrons. The minimum Gasteiger partial charge on any atom is -0.367 e. The lowest BCUT2D eigenvalue weighted by Crippen LogP contribution is -2.56. The average molecular weight is 468 g/mol. The fraction of sp³-hybridized carbons (Fsp3) is 0.480. The predicted molar refractivity (Wildman–Crippen MR) is 129 cm³/mol. The molecule has 7 nitrogen and oxygen atoms in total. The molecule has 1 N–H and O–H groups in total. The van der Waals surface area contributed by atoms with Crippen LogP contribution in [0.5, 0.6) is 0 Å². The monoisotopic (exact) mass is 467 g/mol. The van der Waals surface area contributed by atoms with E-state index in [-0.39, 0.29) is 30.0 Å². The Balaban J connectivity index is 1.55. The van der Waals surface area contributed by atoms with Crippen molar-refractivity contribution in [3.63, 3.8) is 0 Å². The zero-order chi connectivity index (χ0) is 23.5. The molecule has 33 heavy (non-hydrogen) atoms. The van der Waals surface area contributed by atoms with Gasteiger partial charge in [-0.05, 0) is 24.6 Å². The molecular weight excluding hydrogens is 438 g/mol. The molecule has 1 saturated heterocycles. The molecule has 2 aliphatic rings. The maximum Gasteiger partial charge on any atom is 0.231 e. The van der Waals surface area contributed by atoms with Crippen molar-refractivity contribution in [1.82, 2.24) is 20.2 Å². The first-order valence-electron chi connectivity index (χ1n) is 11.3. The summed E-state index contributed by atoms with van der Waals surface area (Å²) in [6.45, 7) is 8.78. The van der Waals surface area contributed by atoms with Crippen LogP contribution in [0.2, 0.25) is 5.02 Å². The Morgan fingerprint density at radius 3 is 2.76 bits per heavy atom. The van der Waals surface area contributed by atoms with Crippen LogP contribution < -0.4 is 10.2 Å². The summed E-state index contributed by atoms with van der Waals surface area (Å²) >= 11 is 6.08. The molecule has 1 amide bonds. The van der Waals surface area contributed by atoms with Gasteiger partial charge >= 0.3 is 0 Å². The van der Waals surface area contributed by atoms with E-state index in [4.69, 9.17) is 22.8 Å². The van der Waals surface area contributed by atoms with E-state index in [1.54, 1.807) is 6.33 Å². The molecule has 0 saturated carbocycles. The average Bonchev–Trinajstić information content (AvgIpc) is 3.20. The maximum absolute atomic E-state index is 13.7. The van der Waals surface area contributed by atoms with Gasteiger partial charge in [0.15, 0.2) is 0 Å². The first-order chi connectivity index (χ1) is 15.9. The Bertz CT molecular complexity index is 1040. The molecule has 4 rings (SSSR count). The second-order valence-electron chi connectivity index (χ2n) is 8.84. The highest BCUT2D eigenvalue weighted by Crippen LogP contribution is 2.36. The van der Waals surface area contributed by atoms with Crippen molar-refractivity contribution in [2.24, 2.45) is 0 Å². The lowest BCUT2D eigenvalue weighted by atomic mass is 9.96. The molecule has 0 bridgehead atoms.